The van der Waals surface area contributed by atoms with Crippen molar-refractivity contribution in [2.75, 3.05) is 18.0 Å². The van der Waals surface area contributed by atoms with E-state index in [1.807, 2.05) is 39.1 Å². The van der Waals surface area contributed by atoms with Crippen molar-refractivity contribution in [2.24, 2.45) is 16.3 Å². The van der Waals surface area contributed by atoms with Crippen LogP contribution in [0.2, 0.25) is 0 Å². The molecule has 0 bridgehead atoms. The standard InChI is InChI=1S/C29H35FN6O/c1-6-23(30)22(14-18(2)3)25-19(4)34-28(26-20(17-37)16-33-36(25)26)35-12-9-29(10-13-35)15-24-21(27(29)31-5)8-7-11-32-24/h6-8,11,14,16,18,27,37H,5,9-10,12-13,15,17H2,1-4H3/b22-14+,23-6+. The van der Waals surface area contributed by atoms with E-state index in [4.69, 9.17) is 4.98 Å². The first kappa shape index (κ1) is 25.3. The lowest BCUT2D eigenvalue weighted by Crippen LogP contribution is -2.42. The first-order chi connectivity index (χ1) is 17.8. The van der Waals surface area contributed by atoms with E-state index in [2.05, 4.69) is 32.8 Å². The second-order valence-electron chi connectivity index (χ2n) is 10.6. The highest BCUT2D eigenvalue weighted by molar-refractivity contribution is 5.82. The fourth-order valence-corrected chi connectivity index (χ4v) is 6.13. The summed E-state index contributed by atoms with van der Waals surface area (Å²) in [5, 5.41) is 14.8. The minimum absolute atomic E-state index is 0.00246. The molecule has 1 unspecified atom stereocenters. The molecule has 0 aromatic carbocycles. The molecule has 5 rings (SSSR count). The lowest BCUT2D eigenvalue weighted by atomic mass is 9.73. The van der Waals surface area contributed by atoms with Crippen LogP contribution in [-0.4, -0.2) is 44.5 Å². The Morgan fingerprint density at radius 1 is 1.35 bits per heavy atom. The predicted molar refractivity (Wildman–Crippen MR) is 145 cm³/mol. The van der Waals surface area contributed by atoms with E-state index < -0.39 is 0 Å². The van der Waals surface area contributed by atoms with Gasteiger partial charge in [-0.05, 0) is 57.4 Å². The van der Waals surface area contributed by atoms with Crippen LogP contribution in [0, 0.1) is 18.3 Å². The molecule has 1 N–H and O–H groups in total. The Bertz CT molecular complexity index is 1400. The van der Waals surface area contributed by atoms with Gasteiger partial charge in [0, 0.05) is 41.5 Å². The number of aliphatic imine (C=N–C) groups is 1. The zero-order chi connectivity index (χ0) is 26.3. The van der Waals surface area contributed by atoms with Crippen LogP contribution in [0.15, 0.2) is 47.5 Å². The molecule has 2 aliphatic rings. The number of piperidine rings is 1. The Balaban J connectivity index is 1.55. The molecule has 1 aliphatic carbocycles. The molecule has 3 aromatic rings. The molecule has 1 spiro atoms. The van der Waals surface area contributed by atoms with Crippen LogP contribution in [-0.2, 0) is 13.0 Å². The van der Waals surface area contributed by atoms with Crippen molar-refractivity contribution in [3.05, 3.63) is 70.7 Å². The van der Waals surface area contributed by atoms with Gasteiger partial charge >= 0.3 is 0 Å². The van der Waals surface area contributed by atoms with Gasteiger partial charge in [0.05, 0.1) is 30.2 Å². The largest absolute Gasteiger partial charge is 0.392 e. The second kappa shape index (κ2) is 9.82. The van der Waals surface area contributed by atoms with Crippen LogP contribution in [0.25, 0.3) is 11.1 Å². The van der Waals surface area contributed by atoms with Crippen LogP contribution in [0.5, 0.6) is 0 Å². The van der Waals surface area contributed by atoms with Gasteiger partial charge in [0.2, 0.25) is 0 Å². The van der Waals surface area contributed by atoms with Crippen LogP contribution < -0.4 is 4.90 Å². The quantitative estimate of drug-likeness (QED) is 0.360. The predicted octanol–water partition coefficient (Wildman–Crippen LogP) is 5.42. The molecule has 7 nitrogen and oxygen atoms in total. The summed E-state index contributed by atoms with van der Waals surface area (Å²) in [4.78, 5) is 16.5. The molecule has 1 fully saturated rings. The van der Waals surface area contributed by atoms with E-state index in [9.17, 15) is 5.11 Å². The van der Waals surface area contributed by atoms with Crippen LogP contribution in [0.1, 0.15) is 67.9 Å². The summed E-state index contributed by atoms with van der Waals surface area (Å²) in [6.07, 6.45) is 9.64. The smallest absolute Gasteiger partial charge is 0.155 e. The Kier molecular flexibility index (Phi) is 6.70. The van der Waals surface area contributed by atoms with Gasteiger partial charge in [0.15, 0.2) is 5.82 Å². The fourth-order valence-electron chi connectivity index (χ4n) is 6.13. The molecule has 194 valence electrons. The Morgan fingerprint density at radius 3 is 2.76 bits per heavy atom. The summed E-state index contributed by atoms with van der Waals surface area (Å²) in [6, 6.07) is 4.15. The van der Waals surface area contributed by atoms with Gasteiger partial charge in [-0.3, -0.25) is 9.98 Å². The number of allylic oxidation sites excluding steroid dienone is 4. The maximum absolute atomic E-state index is 15.1. The van der Waals surface area contributed by atoms with Gasteiger partial charge in [-0.15, -0.1) is 0 Å². The molecule has 0 radical (unpaired) electrons. The summed E-state index contributed by atoms with van der Waals surface area (Å²) in [5.41, 5.74) is 5.52. The average molecular weight is 503 g/mol. The van der Waals surface area contributed by atoms with Crippen molar-refractivity contribution >= 4 is 23.6 Å². The molecular formula is C29H35FN6O. The highest BCUT2D eigenvalue weighted by Crippen LogP contribution is 2.53. The number of hydrogen-bond acceptors (Lipinski definition) is 6. The van der Waals surface area contributed by atoms with Crippen molar-refractivity contribution < 1.29 is 9.50 Å². The van der Waals surface area contributed by atoms with E-state index in [1.165, 1.54) is 11.6 Å². The fraction of sp³-hybridized carbons (Fsp3) is 0.448. The number of aromatic nitrogens is 4. The molecule has 4 heterocycles. The van der Waals surface area contributed by atoms with Crippen LogP contribution >= 0.6 is 0 Å². The molecule has 37 heavy (non-hydrogen) atoms. The van der Waals surface area contributed by atoms with Crippen molar-refractivity contribution in [1.82, 2.24) is 19.6 Å². The third kappa shape index (κ3) is 4.17. The lowest BCUT2D eigenvalue weighted by Gasteiger charge is -2.42. The number of halogens is 1. The van der Waals surface area contributed by atoms with Gasteiger partial charge in [-0.25, -0.2) is 13.9 Å². The number of fused-ring (bicyclic) bond motifs is 2. The molecule has 3 aromatic heterocycles. The van der Waals surface area contributed by atoms with E-state index in [-0.39, 0.29) is 29.8 Å². The van der Waals surface area contributed by atoms with Crippen molar-refractivity contribution in [1.29, 1.82) is 0 Å². The van der Waals surface area contributed by atoms with Gasteiger partial charge < -0.3 is 10.0 Å². The van der Waals surface area contributed by atoms with E-state index >= 15 is 4.39 Å². The molecule has 0 saturated carbocycles. The summed E-state index contributed by atoms with van der Waals surface area (Å²) < 4.78 is 16.8. The minimum Gasteiger partial charge on any atom is -0.392 e. The molecule has 1 saturated heterocycles. The van der Waals surface area contributed by atoms with Gasteiger partial charge in [0.25, 0.3) is 0 Å². The zero-order valence-electron chi connectivity index (χ0n) is 22.1. The van der Waals surface area contributed by atoms with E-state index in [0.717, 1.165) is 49.4 Å². The Labute approximate surface area is 217 Å². The lowest BCUT2D eigenvalue weighted by molar-refractivity contribution is 0.188. The normalized spacial score (nSPS) is 19.8. The molecule has 1 atom stereocenters. The third-order valence-corrected chi connectivity index (χ3v) is 7.88. The van der Waals surface area contributed by atoms with E-state index in [1.54, 1.807) is 17.6 Å². The third-order valence-electron chi connectivity index (χ3n) is 7.88. The molecule has 1 aliphatic heterocycles. The molecular weight excluding hydrogens is 467 g/mol. The second-order valence-corrected chi connectivity index (χ2v) is 10.6. The summed E-state index contributed by atoms with van der Waals surface area (Å²) in [5.74, 6) is 0.600. The number of nitrogens with zero attached hydrogens (tertiary/aromatic N) is 6. The first-order valence-electron chi connectivity index (χ1n) is 13.0. The number of hydrogen-bond donors (Lipinski definition) is 1. The monoisotopic (exact) mass is 502 g/mol. The zero-order valence-corrected chi connectivity index (χ0v) is 22.1. The number of aliphatic hydroxyl groups is 1. The SMILES string of the molecule is C=NC1c2cccnc2CC12CCN(c1nc(C)c(C(=C/C(C)C)/C(F)=C\C)n3ncc(CO)c13)CC2. The number of rotatable bonds is 6. The molecule has 8 heteroatoms. The minimum atomic E-state index is -0.314. The summed E-state index contributed by atoms with van der Waals surface area (Å²) in [6.45, 7) is 13.0. The van der Waals surface area contributed by atoms with Crippen LogP contribution in [0.3, 0.4) is 0 Å². The topological polar surface area (TPSA) is 78.9 Å². The van der Waals surface area contributed by atoms with Crippen molar-refractivity contribution in [3.8, 4) is 0 Å². The summed E-state index contributed by atoms with van der Waals surface area (Å²) >= 11 is 0. The summed E-state index contributed by atoms with van der Waals surface area (Å²) in [7, 11) is 0. The number of aliphatic hydroxyl groups excluding tert-OH is 1. The average Bonchev–Trinajstić information content (AvgIpc) is 3.45. The number of pyridine rings is 1. The Morgan fingerprint density at radius 2 is 2.11 bits per heavy atom. The number of aryl methyl sites for hydroxylation is 1. The Hall–Kier alpha value is -3.39. The maximum Gasteiger partial charge on any atom is 0.155 e. The van der Waals surface area contributed by atoms with Crippen molar-refractivity contribution in [3.63, 3.8) is 0 Å². The van der Waals surface area contributed by atoms with Gasteiger partial charge in [0.1, 0.15) is 11.3 Å². The van der Waals surface area contributed by atoms with Crippen LogP contribution in [0.4, 0.5) is 10.2 Å². The van der Waals surface area contributed by atoms with Gasteiger partial charge in [-0.2, -0.15) is 5.10 Å². The highest BCUT2D eigenvalue weighted by atomic mass is 19.1. The van der Waals surface area contributed by atoms with Crippen molar-refractivity contribution in [2.45, 2.75) is 59.6 Å². The first-order valence-corrected chi connectivity index (χ1v) is 13.0. The maximum atomic E-state index is 15.1. The molecule has 0 amide bonds. The van der Waals surface area contributed by atoms with Gasteiger partial charge in [-0.1, -0.05) is 32.1 Å². The number of anilines is 1. The van der Waals surface area contributed by atoms with E-state index in [0.29, 0.717) is 22.5 Å². The highest BCUT2D eigenvalue weighted by Gasteiger charge is 2.48.